The Morgan fingerprint density at radius 3 is 3.04 bits per heavy atom. The van der Waals surface area contributed by atoms with Gasteiger partial charge in [0, 0.05) is 19.2 Å². The first-order valence-corrected chi connectivity index (χ1v) is 8.58. The maximum atomic E-state index is 12.7. The molecule has 1 aromatic carbocycles. The lowest BCUT2D eigenvalue weighted by Crippen LogP contribution is -2.19. The Labute approximate surface area is 140 Å². The number of aromatic nitrogens is 3. The van der Waals surface area contributed by atoms with Crippen LogP contribution in [0.3, 0.4) is 0 Å². The monoisotopic (exact) mass is 346 g/mol. The topological polar surface area (TPSA) is 87.0 Å². The highest BCUT2D eigenvalue weighted by atomic mass is 32.1. The van der Waals surface area contributed by atoms with Crippen molar-refractivity contribution in [1.82, 2.24) is 14.6 Å². The molecule has 1 atom stereocenters. The van der Waals surface area contributed by atoms with Gasteiger partial charge in [-0.05, 0) is 18.9 Å². The molecule has 0 aliphatic carbocycles. The van der Waals surface area contributed by atoms with Gasteiger partial charge in [0.2, 0.25) is 16.9 Å². The van der Waals surface area contributed by atoms with E-state index in [9.17, 15) is 4.79 Å². The molecule has 0 radical (unpaired) electrons. The maximum absolute atomic E-state index is 12.7. The third-order valence-electron chi connectivity index (χ3n) is 4.19. The molecule has 124 valence electrons. The summed E-state index contributed by atoms with van der Waals surface area (Å²) in [5, 5.41) is 8.70. The van der Waals surface area contributed by atoms with E-state index in [0.29, 0.717) is 39.0 Å². The van der Waals surface area contributed by atoms with Crippen molar-refractivity contribution in [3.05, 3.63) is 22.5 Å². The minimum absolute atomic E-state index is 0.164. The van der Waals surface area contributed by atoms with Crippen molar-refractivity contribution in [2.75, 3.05) is 25.3 Å². The Bertz CT molecular complexity index is 992. The van der Waals surface area contributed by atoms with E-state index in [1.54, 1.807) is 12.1 Å². The van der Waals surface area contributed by atoms with Crippen LogP contribution in [-0.2, 0) is 4.74 Å². The van der Waals surface area contributed by atoms with Crippen LogP contribution >= 0.6 is 11.3 Å². The lowest BCUT2D eigenvalue weighted by Gasteiger charge is -2.08. The number of hydrogen-bond acceptors (Lipinski definition) is 8. The van der Waals surface area contributed by atoms with Crippen LogP contribution < -0.4 is 20.3 Å². The van der Waals surface area contributed by atoms with Crippen molar-refractivity contribution in [3.8, 4) is 11.5 Å². The minimum Gasteiger partial charge on any atom is -0.454 e. The number of anilines is 1. The molecule has 24 heavy (non-hydrogen) atoms. The first-order valence-electron chi connectivity index (χ1n) is 7.77. The molecule has 4 heterocycles. The number of nitrogens with one attached hydrogen (secondary N) is 1. The van der Waals surface area contributed by atoms with E-state index >= 15 is 0 Å². The van der Waals surface area contributed by atoms with Crippen molar-refractivity contribution in [3.63, 3.8) is 0 Å². The number of rotatable bonds is 3. The number of ether oxygens (including phenoxy) is 3. The SMILES string of the molecule is O=c1c2cc3c(cc2nc2sc(NC[C@H]4CCCO4)nn12)OCO3. The zero-order chi connectivity index (χ0) is 16.1. The predicted octanol–water partition coefficient (Wildman–Crippen LogP) is 1.62. The summed E-state index contributed by atoms with van der Waals surface area (Å²) < 4.78 is 17.6. The summed E-state index contributed by atoms with van der Waals surface area (Å²) >= 11 is 1.34. The van der Waals surface area contributed by atoms with Gasteiger partial charge < -0.3 is 19.5 Å². The Morgan fingerprint density at radius 1 is 1.33 bits per heavy atom. The molecule has 0 bridgehead atoms. The molecule has 2 aliphatic rings. The lowest BCUT2D eigenvalue weighted by molar-refractivity contribution is 0.120. The highest BCUT2D eigenvalue weighted by Crippen LogP contribution is 2.34. The van der Waals surface area contributed by atoms with Gasteiger partial charge in [-0.2, -0.15) is 4.52 Å². The molecular formula is C15H14N4O4S. The average Bonchev–Trinajstić information content (AvgIpc) is 3.31. The molecule has 0 saturated carbocycles. The molecule has 8 nitrogen and oxygen atoms in total. The van der Waals surface area contributed by atoms with E-state index in [1.807, 2.05) is 0 Å². The van der Waals surface area contributed by atoms with Crippen molar-refractivity contribution < 1.29 is 14.2 Å². The van der Waals surface area contributed by atoms with Gasteiger partial charge in [-0.15, -0.1) is 5.10 Å². The first-order chi connectivity index (χ1) is 11.8. The molecule has 3 aromatic rings. The molecule has 2 aliphatic heterocycles. The Morgan fingerprint density at radius 2 is 2.21 bits per heavy atom. The van der Waals surface area contributed by atoms with Gasteiger partial charge in [0.05, 0.1) is 17.0 Å². The van der Waals surface area contributed by atoms with E-state index in [1.165, 1.54) is 15.9 Å². The van der Waals surface area contributed by atoms with Crippen LogP contribution in [0.15, 0.2) is 16.9 Å². The second-order valence-corrected chi connectivity index (χ2v) is 6.71. The van der Waals surface area contributed by atoms with Gasteiger partial charge in [-0.25, -0.2) is 4.98 Å². The van der Waals surface area contributed by atoms with Crippen LogP contribution in [0.2, 0.25) is 0 Å². The van der Waals surface area contributed by atoms with Crippen LogP contribution in [0.5, 0.6) is 11.5 Å². The summed E-state index contributed by atoms with van der Waals surface area (Å²) in [6, 6.07) is 3.40. The maximum Gasteiger partial charge on any atom is 0.283 e. The molecule has 0 spiro atoms. The van der Waals surface area contributed by atoms with Gasteiger partial charge in [0.15, 0.2) is 11.5 Å². The molecule has 0 unspecified atom stereocenters. The Kier molecular flexibility index (Phi) is 3.10. The van der Waals surface area contributed by atoms with Gasteiger partial charge in [-0.3, -0.25) is 4.79 Å². The fraction of sp³-hybridized carbons (Fsp3) is 0.400. The van der Waals surface area contributed by atoms with Crippen molar-refractivity contribution in [2.24, 2.45) is 0 Å². The van der Waals surface area contributed by atoms with Crippen LogP contribution in [0.4, 0.5) is 5.13 Å². The van der Waals surface area contributed by atoms with Gasteiger partial charge >= 0.3 is 0 Å². The third kappa shape index (κ3) is 2.20. The van der Waals surface area contributed by atoms with Crippen LogP contribution in [-0.4, -0.2) is 40.6 Å². The number of nitrogens with zero attached hydrogens (tertiary/aromatic N) is 3. The minimum atomic E-state index is -0.213. The second kappa shape index (κ2) is 5.32. The fourth-order valence-electron chi connectivity index (χ4n) is 2.98. The Balaban J connectivity index is 1.55. The summed E-state index contributed by atoms with van der Waals surface area (Å²) in [6.07, 6.45) is 2.34. The van der Waals surface area contributed by atoms with Crippen LogP contribution in [0.1, 0.15) is 12.8 Å². The van der Waals surface area contributed by atoms with Crippen LogP contribution in [0, 0.1) is 0 Å². The van der Waals surface area contributed by atoms with E-state index in [2.05, 4.69) is 15.4 Å². The quantitative estimate of drug-likeness (QED) is 0.771. The van der Waals surface area contributed by atoms with Crippen molar-refractivity contribution in [1.29, 1.82) is 0 Å². The van der Waals surface area contributed by atoms with Crippen molar-refractivity contribution >= 4 is 32.3 Å². The molecule has 2 aromatic heterocycles. The highest BCUT2D eigenvalue weighted by molar-refractivity contribution is 7.20. The normalized spacial score (nSPS) is 19.4. The van der Waals surface area contributed by atoms with E-state index < -0.39 is 0 Å². The predicted molar refractivity (Wildman–Crippen MR) is 88.2 cm³/mol. The third-order valence-corrected chi connectivity index (χ3v) is 5.06. The zero-order valence-corrected chi connectivity index (χ0v) is 13.5. The standard InChI is InChI=1S/C15H14N4O4S/c20-13-9-4-11-12(23-7-22-11)5-10(9)17-15-19(13)18-14(24-15)16-6-8-2-1-3-21-8/h4-5,8H,1-3,6-7H2,(H,16,18)/t8-/m1/s1. The molecule has 9 heteroatoms. The second-order valence-electron chi connectivity index (χ2n) is 5.76. The molecule has 0 amide bonds. The molecule has 5 rings (SSSR count). The number of benzene rings is 1. The van der Waals surface area contributed by atoms with Gasteiger partial charge in [-0.1, -0.05) is 11.3 Å². The fourth-order valence-corrected chi connectivity index (χ4v) is 3.78. The lowest BCUT2D eigenvalue weighted by atomic mass is 10.2. The summed E-state index contributed by atoms with van der Waals surface area (Å²) in [5.41, 5.74) is 0.369. The average molecular weight is 346 g/mol. The molecule has 1 saturated heterocycles. The smallest absolute Gasteiger partial charge is 0.283 e. The largest absolute Gasteiger partial charge is 0.454 e. The van der Waals surface area contributed by atoms with Gasteiger partial charge in [0.1, 0.15) is 0 Å². The highest BCUT2D eigenvalue weighted by Gasteiger charge is 2.19. The summed E-state index contributed by atoms with van der Waals surface area (Å²) in [7, 11) is 0. The zero-order valence-electron chi connectivity index (χ0n) is 12.7. The Hall–Kier alpha value is -2.39. The summed E-state index contributed by atoms with van der Waals surface area (Å²) in [6.45, 7) is 1.66. The van der Waals surface area contributed by atoms with E-state index in [0.717, 1.165) is 19.4 Å². The first kappa shape index (κ1) is 14.0. The summed E-state index contributed by atoms with van der Waals surface area (Å²) in [4.78, 5) is 17.8. The molecule has 1 fully saturated rings. The number of fused-ring (bicyclic) bond motifs is 3. The molecular weight excluding hydrogens is 332 g/mol. The van der Waals surface area contributed by atoms with E-state index in [4.69, 9.17) is 14.2 Å². The van der Waals surface area contributed by atoms with Gasteiger partial charge in [0.25, 0.3) is 5.56 Å². The number of hydrogen-bond donors (Lipinski definition) is 1. The van der Waals surface area contributed by atoms with Crippen molar-refractivity contribution in [2.45, 2.75) is 18.9 Å². The van der Waals surface area contributed by atoms with Crippen LogP contribution in [0.25, 0.3) is 15.9 Å². The van der Waals surface area contributed by atoms with E-state index in [-0.39, 0.29) is 18.5 Å². The molecule has 1 N–H and O–H groups in total. The summed E-state index contributed by atoms with van der Waals surface area (Å²) in [5.74, 6) is 1.17.